The summed E-state index contributed by atoms with van der Waals surface area (Å²) in [5.74, 6) is -2.12. The van der Waals surface area contributed by atoms with Crippen LogP contribution in [0.15, 0.2) is 42.0 Å². The molecule has 2 amide bonds. The van der Waals surface area contributed by atoms with Crippen molar-refractivity contribution in [2.75, 3.05) is 12.1 Å². The van der Waals surface area contributed by atoms with Crippen molar-refractivity contribution in [1.82, 2.24) is 5.43 Å². The van der Waals surface area contributed by atoms with Gasteiger partial charge in [0, 0.05) is 11.1 Å². The number of hydrogen-bond acceptors (Lipinski definition) is 6. The fourth-order valence-electron chi connectivity index (χ4n) is 2.49. The third-order valence-corrected chi connectivity index (χ3v) is 4.03. The van der Waals surface area contributed by atoms with Gasteiger partial charge in [-0.05, 0) is 42.0 Å². The molecule has 1 saturated heterocycles. The summed E-state index contributed by atoms with van der Waals surface area (Å²) in [6, 6.07) is 8.55. The molecule has 0 aliphatic carbocycles. The van der Waals surface area contributed by atoms with Crippen LogP contribution in [-0.2, 0) is 9.59 Å². The molecule has 0 aromatic heterocycles. The average Bonchev–Trinajstić information content (AvgIpc) is 2.91. The molecule has 138 valence electrons. The molecule has 0 spiro atoms. The van der Waals surface area contributed by atoms with Gasteiger partial charge >= 0.3 is 5.69 Å². The lowest BCUT2D eigenvalue weighted by Crippen LogP contribution is -2.35. The van der Waals surface area contributed by atoms with Crippen molar-refractivity contribution in [3.8, 4) is 11.5 Å². The number of halogens is 1. The number of ether oxygens (including phenoxy) is 1. The zero-order chi connectivity index (χ0) is 19.7. The maximum absolute atomic E-state index is 12.6. The number of carbonyl (C=O) groups is 2. The van der Waals surface area contributed by atoms with E-state index >= 15 is 0 Å². The summed E-state index contributed by atoms with van der Waals surface area (Å²) in [5, 5.41) is 22.4. The molecule has 10 heteroatoms. The number of phenols is 1. The number of nitro benzene ring substituents is 1. The van der Waals surface area contributed by atoms with E-state index in [2.05, 4.69) is 5.43 Å². The average molecular weight is 390 g/mol. The van der Waals surface area contributed by atoms with Crippen molar-refractivity contribution in [3.05, 3.63) is 62.7 Å². The van der Waals surface area contributed by atoms with E-state index in [1.54, 1.807) is 24.3 Å². The van der Waals surface area contributed by atoms with Gasteiger partial charge < -0.3 is 9.84 Å². The van der Waals surface area contributed by atoms with Crippen LogP contribution in [0.2, 0.25) is 5.02 Å². The highest BCUT2D eigenvalue weighted by Crippen LogP contribution is 2.37. The number of hydrogen-bond donors (Lipinski definition) is 2. The smallest absolute Gasteiger partial charge is 0.315 e. The lowest BCUT2D eigenvalue weighted by Gasteiger charge is -2.14. The predicted molar refractivity (Wildman–Crippen MR) is 96.4 cm³/mol. The van der Waals surface area contributed by atoms with Crippen LogP contribution in [0.1, 0.15) is 5.56 Å². The minimum absolute atomic E-state index is 0.146. The Kier molecular flexibility index (Phi) is 4.70. The Hall–Kier alpha value is -3.59. The number of nitro groups is 1. The predicted octanol–water partition coefficient (Wildman–Crippen LogP) is 2.42. The van der Waals surface area contributed by atoms with Gasteiger partial charge in [-0.1, -0.05) is 11.6 Å². The molecule has 1 fully saturated rings. The molecule has 0 saturated carbocycles. The van der Waals surface area contributed by atoms with Gasteiger partial charge in [0.25, 0.3) is 11.8 Å². The Balaban J connectivity index is 2.01. The number of anilines is 1. The van der Waals surface area contributed by atoms with Crippen LogP contribution in [0, 0.1) is 10.1 Å². The monoisotopic (exact) mass is 389 g/mol. The van der Waals surface area contributed by atoms with Crippen LogP contribution in [-0.4, -0.2) is 29.0 Å². The zero-order valence-electron chi connectivity index (χ0n) is 13.8. The van der Waals surface area contributed by atoms with Crippen LogP contribution in [0.4, 0.5) is 11.4 Å². The highest BCUT2D eigenvalue weighted by atomic mass is 35.5. The fraction of sp³-hybridized carbons (Fsp3) is 0.0588. The van der Waals surface area contributed by atoms with Gasteiger partial charge in [0.05, 0.1) is 17.7 Å². The number of carbonyl (C=O) groups excluding carboxylic acids is 2. The second-order valence-corrected chi connectivity index (χ2v) is 5.90. The zero-order valence-corrected chi connectivity index (χ0v) is 14.6. The molecule has 1 heterocycles. The molecule has 0 radical (unpaired) electrons. The Bertz CT molecular complexity index is 987. The second-order valence-electron chi connectivity index (χ2n) is 5.46. The number of rotatable bonds is 4. The summed E-state index contributed by atoms with van der Waals surface area (Å²) in [6.07, 6.45) is 1.18. The van der Waals surface area contributed by atoms with E-state index in [9.17, 15) is 24.8 Å². The van der Waals surface area contributed by atoms with Crippen LogP contribution >= 0.6 is 11.6 Å². The number of benzene rings is 2. The van der Waals surface area contributed by atoms with E-state index in [4.69, 9.17) is 16.3 Å². The van der Waals surface area contributed by atoms with E-state index in [-0.39, 0.29) is 16.9 Å². The lowest BCUT2D eigenvalue weighted by atomic mass is 10.1. The molecular formula is C17H12ClN3O6. The molecule has 9 nitrogen and oxygen atoms in total. The van der Waals surface area contributed by atoms with Gasteiger partial charge in [-0.3, -0.25) is 25.1 Å². The summed E-state index contributed by atoms with van der Waals surface area (Å²) in [4.78, 5) is 35.1. The van der Waals surface area contributed by atoms with Gasteiger partial charge in [-0.25, -0.2) is 5.01 Å². The Morgan fingerprint density at radius 2 is 1.93 bits per heavy atom. The van der Waals surface area contributed by atoms with Crippen LogP contribution in [0.5, 0.6) is 11.5 Å². The van der Waals surface area contributed by atoms with Crippen molar-refractivity contribution in [1.29, 1.82) is 0 Å². The van der Waals surface area contributed by atoms with Gasteiger partial charge in [0.15, 0.2) is 5.75 Å². The topological polar surface area (TPSA) is 122 Å². The number of nitrogens with one attached hydrogen (secondary N) is 1. The second kappa shape index (κ2) is 6.96. The maximum Gasteiger partial charge on any atom is 0.315 e. The van der Waals surface area contributed by atoms with Gasteiger partial charge in [-0.15, -0.1) is 0 Å². The van der Waals surface area contributed by atoms with Crippen molar-refractivity contribution in [2.24, 2.45) is 0 Å². The highest BCUT2D eigenvalue weighted by molar-refractivity contribution is 6.32. The van der Waals surface area contributed by atoms with Gasteiger partial charge in [0.2, 0.25) is 5.75 Å². The molecule has 2 aromatic rings. The lowest BCUT2D eigenvalue weighted by molar-refractivity contribution is -0.386. The minimum Gasteiger partial charge on any atom is -0.500 e. The molecule has 2 N–H and O–H groups in total. The number of phenolic OH excluding ortho intramolecular Hbond substituents is 1. The number of nitrogens with zero attached hydrogens (tertiary/aromatic N) is 2. The first-order valence-corrected chi connectivity index (χ1v) is 7.87. The van der Waals surface area contributed by atoms with E-state index in [0.717, 1.165) is 11.1 Å². The Morgan fingerprint density at radius 1 is 1.26 bits per heavy atom. The van der Waals surface area contributed by atoms with Crippen LogP contribution in [0.3, 0.4) is 0 Å². The number of hydrazine groups is 1. The first-order chi connectivity index (χ1) is 12.8. The number of methoxy groups -OCH3 is 1. The normalized spacial score (nSPS) is 15.2. The third-order valence-electron chi connectivity index (χ3n) is 3.78. The molecule has 2 aromatic carbocycles. The molecule has 27 heavy (non-hydrogen) atoms. The quantitative estimate of drug-likeness (QED) is 0.358. The molecule has 0 bridgehead atoms. The first kappa shape index (κ1) is 18.2. The first-order valence-electron chi connectivity index (χ1n) is 7.50. The van der Waals surface area contributed by atoms with Crippen molar-refractivity contribution >= 4 is 40.9 Å². The van der Waals surface area contributed by atoms with Crippen LogP contribution < -0.4 is 15.2 Å². The summed E-state index contributed by atoms with van der Waals surface area (Å²) in [7, 11) is 1.23. The largest absolute Gasteiger partial charge is 0.500 e. The van der Waals surface area contributed by atoms with Crippen LogP contribution in [0.25, 0.3) is 6.08 Å². The van der Waals surface area contributed by atoms with Crippen molar-refractivity contribution < 1.29 is 24.4 Å². The molecule has 3 rings (SSSR count). The molecular weight excluding hydrogens is 378 g/mol. The number of amides is 2. The van der Waals surface area contributed by atoms with E-state index < -0.39 is 28.2 Å². The Morgan fingerprint density at radius 3 is 2.52 bits per heavy atom. The molecule has 1 aliphatic heterocycles. The summed E-state index contributed by atoms with van der Waals surface area (Å²) in [6.45, 7) is 0. The third kappa shape index (κ3) is 3.40. The summed E-state index contributed by atoms with van der Waals surface area (Å²) in [5.41, 5.74) is 2.11. The molecule has 1 aliphatic rings. The van der Waals surface area contributed by atoms with E-state index in [1.807, 2.05) is 0 Å². The molecule has 0 atom stereocenters. The number of aromatic hydroxyl groups is 1. The van der Waals surface area contributed by atoms with Crippen molar-refractivity contribution in [2.45, 2.75) is 0 Å². The van der Waals surface area contributed by atoms with Gasteiger partial charge in [-0.2, -0.15) is 0 Å². The fourth-order valence-corrected chi connectivity index (χ4v) is 2.61. The van der Waals surface area contributed by atoms with Crippen molar-refractivity contribution in [3.63, 3.8) is 0 Å². The van der Waals surface area contributed by atoms with Gasteiger partial charge in [0.1, 0.15) is 5.57 Å². The maximum atomic E-state index is 12.6. The SMILES string of the molecule is COc1cc(C=C2C(=O)NN(c3ccc(Cl)cc3)C2=O)cc([N+](=O)[O-])c1O. The summed E-state index contributed by atoms with van der Waals surface area (Å²) >= 11 is 5.81. The van der Waals surface area contributed by atoms with E-state index in [1.165, 1.54) is 19.3 Å². The van der Waals surface area contributed by atoms with E-state index in [0.29, 0.717) is 10.7 Å². The summed E-state index contributed by atoms with van der Waals surface area (Å²) < 4.78 is 4.90. The molecule has 0 unspecified atom stereocenters. The standard InChI is InChI=1S/C17H12ClN3O6/c1-27-14-8-9(7-13(15(14)22)21(25)26)6-12-16(23)19-20(17(12)24)11-4-2-10(18)3-5-11/h2-8,22H,1H3,(H,19,23). The highest BCUT2D eigenvalue weighted by Gasteiger charge is 2.34. The minimum atomic E-state index is -0.795. The Labute approximate surface area is 157 Å².